The lowest BCUT2D eigenvalue weighted by molar-refractivity contribution is -0.113. The van der Waals surface area contributed by atoms with E-state index < -0.39 is 6.09 Å². The molecule has 0 unspecified atom stereocenters. The number of carbonyl (C=O) groups excluding carboxylic acids is 2. The molecule has 2 aromatic rings. The highest BCUT2D eigenvalue weighted by molar-refractivity contribution is 7.09. The Labute approximate surface area is 216 Å². The SMILES string of the molecule is COc1ccc(CNC(=O)ON2CCC(c3nc(C(=O)N(C4CCCCC4)C4CC4)cs3)CC2)cc1. The third-order valence-electron chi connectivity index (χ3n) is 7.50. The molecular formula is C27H36N4O4S. The maximum absolute atomic E-state index is 13.4. The number of aromatic nitrogens is 1. The molecule has 1 aliphatic heterocycles. The van der Waals surface area contributed by atoms with Crippen molar-refractivity contribution in [1.29, 1.82) is 0 Å². The molecule has 8 nitrogen and oxygen atoms in total. The van der Waals surface area contributed by atoms with Gasteiger partial charge in [0.25, 0.3) is 5.91 Å². The molecule has 194 valence electrons. The van der Waals surface area contributed by atoms with Gasteiger partial charge in [-0.1, -0.05) is 31.4 Å². The van der Waals surface area contributed by atoms with Gasteiger partial charge in [-0.15, -0.1) is 16.4 Å². The highest BCUT2D eigenvalue weighted by Gasteiger charge is 2.39. The van der Waals surface area contributed by atoms with Crippen molar-refractivity contribution in [3.05, 3.63) is 45.9 Å². The van der Waals surface area contributed by atoms with E-state index in [-0.39, 0.29) is 5.91 Å². The summed E-state index contributed by atoms with van der Waals surface area (Å²) >= 11 is 1.60. The van der Waals surface area contributed by atoms with Gasteiger partial charge in [-0.25, -0.2) is 9.78 Å². The third-order valence-corrected chi connectivity index (χ3v) is 8.50. The molecule has 36 heavy (non-hydrogen) atoms. The van der Waals surface area contributed by atoms with Crippen molar-refractivity contribution in [3.8, 4) is 5.75 Å². The van der Waals surface area contributed by atoms with Crippen LogP contribution < -0.4 is 10.1 Å². The summed E-state index contributed by atoms with van der Waals surface area (Å²) in [5, 5.41) is 7.50. The summed E-state index contributed by atoms with van der Waals surface area (Å²) in [4.78, 5) is 38.1. The minimum atomic E-state index is -0.450. The average Bonchev–Trinajstić information content (AvgIpc) is 3.62. The molecule has 1 aromatic heterocycles. The molecule has 2 aliphatic carbocycles. The van der Waals surface area contributed by atoms with Crippen molar-refractivity contribution < 1.29 is 19.2 Å². The standard InChI is InChI=1S/C27H36N4O4S/c1-34-23-11-7-19(8-12-23)17-28-27(33)35-30-15-13-20(14-16-30)25-29-24(18-36-25)26(32)31(22-9-10-22)21-5-3-2-4-6-21/h7-8,11-12,18,20-22H,2-6,9-10,13-17H2,1H3,(H,28,33). The lowest BCUT2D eigenvalue weighted by Crippen LogP contribution is -2.43. The Balaban J connectivity index is 1.09. The van der Waals surface area contributed by atoms with E-state index in [0.717, 1.165) is 54.8 Å². The number of rotatable bonds is 8. The molecule has 9 heteroatoms. The monoisotopic (exact) mass is 512 g/mol. The Bertz CT molecular complexity index is 1020. The van der Waals surface area contributed by atoms with E-state index in [0.29, 0.717) is 43.3 Å². The predicted molar refractivity (Wildman–Crippen MR) is 138 cm³/mol. The van der Waals surface area contributed by atoms with Gasteiger partial charge in [-0.05, 0) is 56.2 Å². The summed E-state index contributed by atoms with van der Waals surface area (Å²) in [5.74, 6) is 1.20. The minimum absolute atomic E-state index is 0.126. The van der Waals surface area contributed by atoms with Gasteiger partial charge in [0.1, 0.15) is 11.4 Å². The number of hydrogen-bond acceptors (Lipinski definition) is 7. The summed E-state index contributed by atoms with van der Waals surface area (Å²) in [7, 11) is 1.63. The number of ether oxygens (including phenoxy) is 1. The van der Waals surface area contributed by atoms with Crippen molar-refractivity contribution in [2.45, 2.75) is 82.3 Å². The zero-order valence-corrected chi connectivity index (χ0v) is 21.8. The van der Waals surface area contributed by atoms with Crippen LogP contribution >= 0.6 is 11.3 Å². The zero-order valence-electron chi connectivity index (χ0n) is 21.0. The van der Waals surface area contributed by atoms with Gasteiger partial charge in [0.15, 0.2) is 0 Å². The van der Waals surface area contributed by atoms with Gasteiger partial charge < -0.3 is 19.8 Å². The Hall–Kier alpha value is -2.65. The number of hydroxylamine groups is 2. The van der Waals surface area contributed by atoms with Gasteiger partial charge in [0.05, 0.1) is 12.1 Å². The van der Waals surface area contributed by atoms with E-state index in [9.17, 15) is 9.59 Å². The summed E-state index contributed by atoms with van der Waals surface area (Å²) in [6.07, 6.45) is 9.51. The number of amides is 2. The fourth-order valence-corrected chi connectivity index (χ4v) is 6.27. The van der Waals surface area contributed by atoms with E-state index in [1.807, 2.05) is 29.6 Å². The molecular weight excluding hydrogens is 476 g/mol. The van der Waals surface area contributed by atoms with Crippen molar-refractivity contribution in [3.63, 3.8) is 0 Å². The fourth-order valence-electron chi connectivity index (χ4n) is 5.31. The number of hydrogen-bond donors (Lipinski definition) is 1. The third kappa shape index (κ3) is 6.18. The van der Waals surface area contributed by atoms with E-state index >= 15 is 0 Å². The van der Waals surface area contributed by atoms with Crippen LogP contribution in [0.25, 0.3) is 0 Å². The van der Waals surface area contributed by atoms with E-state index in [1.54, 1.807) is 23.5 Å². The molecule has 0 radical (unpaired) electrons. The number of benzene rings is 1. The zero-order chi connectivity index (χ0) is 24.9. The van der Waals surface area contributed by atoms with Crippen molar-refractivity contribution in [2.75, 3.05) is 20.2 Å². The first-order valence-electron chi connectivity index (χ1n) is 13.2. The van der Waals surface area contributed by atoms with Crippen LogP contribution in [-0.4, -0.2) is 59.2 Å². The second kappa shape index (κ2) is 11.6. The van der Waals surface area contributed by atoms with Crippen molar-refractivity contribution in [2.24, 2.45) is 0 Å². The van der Waals surface area contributed by atoms with E-state index in [4.69, 9.17) is 14.6 Å². The number of nitrogens with zero attached hydrogens (tertiary/aromatic N) is 3. The van der Waals surface area contributed by atoms with Gasteiger partial charge in [-0.3, -0.25) is 4.79 Å². The van der Waals surface area contributed by atoms with Gasteiger partial charge in [0.2, 0.25) is 0 Å². The van der Waals surface area contributed by atoms with Crippen LogP contribution in [0.1, 0.15) is 84.8 Å². The average molecular weight is 513 g/mol. The van der Waals surface area contributed by atoms with Crippen LogP contribution in [0.5, 0.6) is 5.75 Å². The molecule has 0 atom stereocenters. The van der Waals surface area contributed by atoms with Crippen LogP contribution in [0.3, 0.4) is 0 Å². The molecule has 2 amide bonds. The second-order valence-corrected chi connectivity index (χ2v) is 11.0. The van der Waals surface area contributed by atoms with Crippen molar-refractivity contribution in [1.82, 2.24) is 20.3 Å². The Morgan fingerprint density at radius 2 is 1.72 bits per heavy atom. The molecule has 1 saturated heterocycles. The summed E-state index contributed by atoms with van der Waals surface area (Å²) < 4.78 is 5.15. The quantitative estimate of drug-likeness (QED) is 0.529. The molecule has 3 aliphatic rings. The highest BCUT2D eigenvalue weighted by atomic mass is 32.1. The van der Waals surface area contributed by atoms with Crippen molar-refractivity contribution >= 4 is 23.3 Å². The molecule has 0 spiro atoms. The van der Waals surface area contributed by atoms with E-state index in [1.165, 1.54) is 19.3 Å². The number of carbonyl (C=O) groups is 2. The molecule has 1 N–H and O–H groups in total. The molecule has 3 fully saturated rings. The van der Waals surface area contributed by atoms with Gasteiger partial charge in [-0.2, -0.15) is 0 Å². The maximum Gasteiger partial charge on any atom is 0.426 e. The molecule has 1 aromatic carbocycles. The number of methoxy groups -OCH3 is 1. The smallest absolute Gasteiger partial charge is 0.426 e. The number of nitrogens with one attached hydrogen (secondary N) is 1. The normalized spacial score (nSPS) is 19.6. The summed E-state index contributed by atoms with van der Waals surface area (Å²) in [6, 6.07) is 8.36. The van der Waals surface area contributed by atoms with Crippen LogP contribution in [0, 0.1) is 0 Å². The lowest BCUT2D eigenvalue weighted by Gasteiger charge is -2.34. The Morgan fingerprint density at radius 1 is 1.03 bits per heavy atom. The number of piperidine rings is 1. The highest BCUT2D eigenvalue weighted by Crippen LogP contribution is 2.36. The minimum Gasteiger partial charge on any atom is -0.497 e. The predicted octanol–water partition coefficient (Wildman–Crippen LogP) is 5.11. The largest absolute Gasteiger partial charge is 0.497 e. The van der Waals surface area contributed by atoms with Crippen LogP contribution in [0.4, 0.5) is 4.79 Å². The van der Waals surface area contributed by atoms with Crippen LogP contribution in [-0.2, 0) is 11.4 Å². The molecule has 5 rings (SSSR count). The Morgan fingerprint density at radius 3 is 2.39 bits per heavy atom. The first-order chi connectivity index (χ1) is 17.6. The first kappa shape index (κ1) is 25.0. The molecule has 0 bridgehead atoms. The van der Waals surface area contributed by atoms with Gasteiger partial charge >= 0.3 is 6.09 Å². The molecule has 2 heterocycles. The Kier molecular flexibility index (Phi) is 8.06. The van der Waals surface area contributed by atoms with Gasteiger partial charge in [0, 0.05) is 43.0 Å². The second-order valence-electron chi connectivity index (χ2n) is 10.1. The number of thiazole rings is 1. The van der Waals surface area contributed by atoms with Crippen LogP contribution in [0.2, 0.25) is 0 Å². The lowest BCUT2D eigenvalue weighted by atomic mass is 9.94. The van der Waals surface area contributed by atoms with Crippen LogP contribution in [0.15, 0.2) is 29.6 Å². The summed E-state index contributed by atoms with van der Waals surface area (Å²) in [5.41, 5.74) is 1.59. The summed E-state index contributed by atoms with van der Waals surface area (Å²) in [6.45, 7) is 1.70. The molecule has 2 saturated carbocycles. The first-order valence-corrected chi connectivity index (χ1v) is 14.1. The fraction of sp³-hybridized carbons (Fsp3) is 0.593. The maximum atomic E-state index is 13.4. The topological polar surface area (TPSA) is 84.0 Å². The van der Waals surface area contributed by atoms with E-state index in [2.05, 4.69) is 10.2 Å².